The van der Waals surface area contributed by atoms with Crippen LogP contribution in [0.3, 0.4) is 0 Å². The molecule has 4 rings (SSSR count). The van der Waals surface area contributed by atoms with Crippen LogP contribution in [0.15, 0.2) is 64.7 Å². The van der Waals surface area contributed by atoms with Crippen molar-refractivity contribution < 1.29 is 4.79 Å². The summed E-state index contributed by atoms with van der Waals surface area (Å²) in [6, 6.07) is 5.68. The Morgan fingerprint density at radius 3 is 2.73 bits per heavy atom. The van der Waals surface area contributed by atoms with Gasteiger partial charge in [-0.2, -0.15) is 0 Å². The van der Waals surface area contributed by atoms with Crippen molar-refractivity contribution in [3.8, 4) is 0 Å². The first-order valence-corrected chi connectivity index (χ1v) is 9.02. The monoisotopic (exact) mass is 349 g/mol. The van der Waals surface area contributed by atoms with Crippen LogP contribution in [0.25, 0.3) is 0 Å². The number of hydrogen-bond acceptors (Lipinski definition) is 6. The summed E-state index contributed by atoms with van der Waals surface area (Å²) in [5, 5.41) is 3.36. The lowest BCUT2D eigenvalue weighted by Crippen LogP contribution is -2.44. The quantitative estimate of drug-likeness (QED) is 0.893. The van der Waals surface area contributed by atoms with Crippen molar-refractivity contribution in [3.05, 3.63) is 65.4 Å². The largest absolute Gasteiger partial charge is 0.380 e. The molecular formula is C20H23N5O. The van der Waals surface area contributed by atoms with Crippen molar-refractivity contribution in [2.24, 2.45) is 4.99 Å². The Kier molecular flexibility index (Phi) is 4.67. The highest BCUT2D eigenvalue weighted by Crippen LogP contribution is 2.22. The molecule has 0 bridgehead atoms. The van der Waals surface area contributed by atoms with Crippen molar-refractivity contribution in [3.63, 3.8) is 0 Å². The number of carbonyl (C=O) groups is 1. The van der Waals surface area contributed by atoms with Gasteiger partial charge in [0.15, 0.2) is 5.78 Å². The second kappa shape index (κ2) is 7.25. The molecule has 0 spiro atoms. The highest BCUT2D eigenvalue weighted by Gasteiger charge is 2.22. The van der Waals surface area contributed by atoms with E-state index in [-0.39, 0.29) is 5.78 Å². The Balaban J connectivity index is 1.58. The Morgan fingerprint density at radius 1 is 1.12 bits per heavy atom. The van der Waals surface area contributed by atoms with Crippen LogP contribution in [0.1, 0.15) is 12.1 Å². The molecular weight excluding hydrogens is 326 g/mol. The molecule has 26 heavy (non-hydrogen) atoms. The van der Waals surface area contributed by atoms with Crippen LogP contribution in [0.2, 0.25) is 0 Å². The van der Waals surface area contributed by atoms with Gasteiger partial charge in [-0.15, -0.1) is 0 Å². The summed E-state index contributed by atoms with van der Waals surface area (Å²) in [4.78, 5) is 26.1. The van der Waals surface area contributed by atoms with E-state index in [9.17, 15) is 4.79 Å². The van der Waals surface area contributed by atoms with Crippen LogP contribution in [0, 0.1) is 0 Å². The standard InChI is InChI=1S/C20H23N5O/c1-24-8-10-25(11-9-24)15-5-7-22-18(12-15)20-14-16(26)13-19(23-20)17-4-2-3-6-21-17/h2-6,12,14,22H,7-11,13H2,1H3. The number of piperazine rings is 1. The minimum absolute atomic E-state index is 0.0639. The smallest absolute Gasteiger partial charge is 0.163 e. The fourth-order valence-electron chi connectivity index (χ4n) is 3.38. The van der Waals surface area contributed by atoms with E-state index in [0.29, 0.717) is 12.1 Å². The molecule has 3 aliphatic rings. The van der Waals surface area contributed by atoms with Gasteiger partial charge in [0.05, 0.1) is 29.2 Å². The van der Waals surface area contributed by atoms with Crippen LogP contribution in [-0.4, -0.2) is 66.1 Å². The van der Waals surface area contributed by atoms with Gasteiger partial charge in [0.1, 0.15) is 0 Å². The summed E-state index contributed by atoms with van der Waals surface area (Å²) in [5.41, 5.74) is 4.30. The zero-order valence-electron chi connectivity index (χ0n) is 15.0. The third-order valence-electron chi connectivity index (χ3n) is 4.90. The molecule has 6 nitrogen and oxygen atoms in total. The molecule has 1 N–H and O–H groups in total. The fraction of sp³-hybridized carbons (Fsp3) is 0.350. The molecule has 1 saturated heterocycles. The van der Waals surface area contributed by atoms with Crippen LogP contribution in [0.4, 0.5) is 0 Å². The molecule has 0 aromatic carbocycles. The van der Waals surface area contributed by atoms with E-state index in [1.165, 1.54) is 5.70 Å². The molecule has 4 heterocycles. The Labute approximate surface area is 153 Å². The number of likely N-dealkylation sites (N-methyl/N-ethyl adjacent to an activating group) is 1. The summed E-state index contributed by atoms with van der Waals surface area (Å²) >= 11 is 0. The summed E-state index contributed by atoms with van der Waals surface area (Å²) in [6.45, 7) is 4.92. The number of carbonyl (C=O) groups excluding carboxylic acids is 1. The number of pyridine rings is 1. The van der Waals surface area contributed by atoms with Crippen molar-refractivity contribution in [1.82, 2.24) is 20.1 Å². The Hall–Kier alpha value is -2.73. The highest BCUT2D eigenvalue weighted by atomic mass is 16.1. The van der Waals surface area contributed by atoms with E-state index in [2.05, 4.69) is 39.3 Å². The van der Waals surface area contributed by atoms with Crippen molar-refractivity contribution in [2.75, 3.05) is 39.8 Å². The molecule has 0 radical (unpaired) electrons. The Morgan fingerprint density at radius 2 is 1.96 bits per heavy atom. The van der Waals surface area contributed by atoms with Gasteiger partial charge in [-0.05, 0) is 31.3 Å². The van der Waals surface area contributed by atoms with Gasteiger partial charge in [0, 0.05) is 50.7 Å². The molecule has 0 unspecified atom stereocenters. The molecule has 1 aromatic rings. The zero-order chi connectivity index (χ0) is 17.9. The van der Waals surface area contributed by atoms with E-state index in [1.807, 2.05) is 18.2 Å². The molecule has 0 amide bonds. The van der Waals surface area contributed by atoms with Crippen molar-refractivity contribution >= 4 is 11.5 Å². The summed E-state index contributed by atoms with van der Waals surface area (Å²) in [7, 11) is 2.15. The Bertz CT molecular complexity index is 814. The van der Waals surface area contributed by atoms with Crippen LogP contribution >= 0.6 is 0 Å². The summed E-state index contributed by atoms with van der Waals surface area (Å²) < 4.78 is 0. The molecule has 0 aliphatic carbocycles. The number of nitrogens with one attached hydrogen (secondary N) is 1. The molecule has 0 atom stereocenters. The number of nitrogens with zero attached hydrogens (tertiary/aromatic N) is 4. The second-order valence-corrected chi connectivity index (χ2v) is 6.80. The third-order valence-corrected chi connectivity index (χ3v) is 4.90. The van der Waals surface area contributed by atoms with E-state index in [1.54, 1.807) is 12.3 Å². The van der Waals surface area contributed by atoms with Gasteiger partial charge in [0.2, 0.25) is 0 Å². The van der Waals surface area contributed by atoms with Gasteiger partial charge >= 0.3 is 0 Å². The number of hydrogen-bond donors (Lipinski definition) is 1. The van der Waals surface area contributed by atoms with Gasteiger partial charge in [0.25, 0.3) is 0 Å². The zero-order valence-corrected chi connectivity index (χ0v) is 15.0. The number of rotatable bonds is 3. The predicted molar refractivity (Wildman–Crippen MR) is 102 cm³/mol. The van der Waals surface area contributed by atoms with Gasteiger partial charge in [-0.25, -0.2) is 4.99 Å². The maximum Gasteiger partial charge on any atom is 0.163 e. The fourth-order valence-corrected chi connectivity index (χ4v) is 3.38. The first-order chi connectivity index (χ1) is 12.7. The van der Waals surface area contributed by atoms with Crippen LogP contribution in [-0.2, 0) is 4.79 Å². The molecule has 134 valence electrons. The van der Waals surface area contributed by atoms with E-state index >= 15 is 0 Å². The molecule has 0 saturated carbocycles. The van der Waals surface area contributed by atoms with E-state index < -0.39 is 0 Å². The lowest BCUT2D eigenvalue weighted by molar-refractivity contribution is -0.113. The molecule has 6 heteroatoms. The van der Waals surface area contributed by atoms with Gasteiger partial charge in [-0.3, -0.25) is 9.78 Å². The number of allylic oxidation sites excluding steroid dienone is 2. The SMILES string of the molecule is CN1CCN(C2=CCNC(C3=CC(=O)CC(c4ccccn4)=N3)=C2)CC1. The molecule has 1 fully saturated rings. The third kappa shape index (κ3) is 3.60. The lowest BCUT2D eigenvalue weighted by Gasteiger charge is -2.36. The maximum absolute atomic E-state index is 12.2. The summed E-state index contributed by atoms with van der Waals surface area (Å²) in [5.74, 6) is 0.0639. The van der Waals surface area contributed by atoms with Crippen molar-refractivity contribution in [2.45, 2.75) is 6.42 Å². The second-order valence-electron chi connectivity index (χ2n) is 6.80. The minimum atomic E-state index is 0.0639. The average molecular weight is 349 g/mol. The minimum Gasteiger partial charge on any atom is -0.380 e. The van der Waals surface area contributed by atoms with E-state index in [0.717, 1.165) is 49.8 Å². The molecule has 3 aliphatic heterocycles. The van der Waals surface area contributed by atoms with Gasteiger partial charge < -0.3 is 15.1 Å². The lowest BCUT2D eigenvalue weighted by atomic mass is 10.0. The predicted octanol–water partition coefficient (Wildman–Crippen LogP) is 1.35. The average Bonchev–Trinajstić information content (AvgIpc) is 2.69. The summed E-state index contributed by atoms with van der Waals surface area (Å²) in [6.07, 6.45) is 7.97. The van der Waals surface area contributed by atoms with Crippen LogP contribution in [0.5, 0.6) is 0 Å². The number of ketones is 1. The van der Waals surface area contributed by atoms with Gasteiger partial charge in [-0.1, -0.05) is 6.07 Å². The topological polar surface area (TPSA) is 60.8 Å². The van der Waals surface area contributed by atoms with Crippen LogP contribution < -0.4 is 5.32 Å². The number of dihydropyridines is 1. The first kappa shape index (κ1) is 16.7. The number of aromatic nitrogens is 1. The maximum atomic E-state index is 12.2. The number of aliphatic imine (C=N–C) groups is 1. The molecule has 1 aromatic heterocycles. The highest BCUT2D eigenvalue weighted by molar-refractivity contribution is 6.15. The van der Waals surface area contributed by atoms with E-state index in [4.69, 9.17) is 4.99 Å². The normalized spacial score (nSPS) is 21.4. The first-order valence-electron chi connectivity index (χ1n) is 9.02. The van der Waals surface area contributed by atoms with Crippen molar-refractivity contribution in [1.29, 1.82) is 0 Å².